The van der Waals surface area contributed by atoms with Crippen LogP contribution in [0.2, 0.25) is 0 Å². The van der Waals surface area contributed by atoms with Crippen molar-refractivity contribution in [3.8, 4) is 12.1 Å². The second kappa shape index (κ2) is 5.82. The van der Waals surface area contributed by atoms with E-state index in [9.17, 15) is 0 Å². The molecule has 0 aliphatic carbocycles. The highest BCUT2D eigenvalue weighted by Gasteiger charge is 1.90. The van der Waals surface area contributed by atoms with E-state index in [4.69, 9.17) is 10.5 Å². The average Bonchev–Trinajstić information content (AvgIpc) is 2.13. The summed E-state index contributed by atoms with van der Waals surface area (Å²) in [6.07, 6.45) is 3.04. The largest absolute Gasteiger partial charge is 0.191 e. The van der Waals surface area contributed by atoms with E-state index in [0.717, 1.165) is 0 Å². The number of allylic oxidation sites excluding steroid dienone is 4. The Bertz CT molecular complexity index is 277. The van der Waals surface area contributed by atoms with Crippen LogP contribution in [0.5, 0.6) is 0 Å². The van der Waals surface area contributed by atoms with Gasteiger partial charge in [-0.25, -0.2) is 0 Å². The van der Waals surface area contributed by atoms with Crippen LogP contribution in [0.3, 0.4) is 0 Å². The third-order valence-electron chi connectivity index (χ3n) is 1.04. The molecule has 0 atom stereocenters. The molecule has 4 heteroatoms. The third-order valence-corrected chi connectivity index (χ3v) is 1.04. The Hall–Kier alpha value is -1.94. The maximum atomic E-state index is 8.41. The van der Waals surface area contributed by atoms with Gasteiger partial charge in [0.25, 0.3) is 0 Å². The van der Waals surface area contributed by atoms with Crippen LogP contribution < -0.4 is 0 Å². The Balaban J connectivity index is 4.48. The highest BCUT2D eigenvalue weighted by atomic mass is 15.1. The van der Waals surface area contributed by atoms with Crippen LogP contribution in [0, 0.1) is 22.7 Å². The maximum Gasteiger partial charge on any atom is 0.158 e. The summed E-state index contributed by atoms with van der Waals surface area (Å²) >= 11 is 0. The first-order valence-electron chi connectivity index (χ1n) is 3.33. The van der Waals surface area contributed by atoms with Crippen molar-refractivity contribution >= 4 is 0 Å². The molecule has 0 radical (unpaired) electrons. The molecule has 0 saturated heterocycles. The minimum atomic E-state index is 0.199. The van der Waals surface area contributed by atoms with Crippen molar-refractivity contribution < 1.29 is 0 Å². The van der Waals surface area contributed by atoms with E-state index in [2.05, 4.69) is 10.2 Å². The fraction of sp³-hybridized carbons (Fsp3) is 0.250. The van der Waals surface area contributed by atoms with Crippen LogP contribution in [-0.2, 0) is 0 Å². The van der Waals surface area contributed by atoms with Gasteiger partial charge in [-0.2, -0.15) is 10.5 Å². The summed E-state index contributed by atoms with van der Waals surface area (Å²) in [5.74, 6) is 0. The van der Waals surface area contributed by atoms with Gasteiger partial charge in [-0.15, -0.1) is 10.2 Å². The van der Waals surface area contributed by atoms with Gasteiger partial charge in [-0.3, -0.25) is 0 Å². The molecule has 0 bridgehead atoms. The van der Waals surface area contributed by atoms with Gasteiger partial charge in [-0.1, -0.05) is 0 Å². The van der Waals surface area contributed by atoms with Crippen molar-refractivity contribution in [1.82, 2.24) is 0 Å². The Morgan fingerprint density at radius 3 is 1.50 bits per heavy atom. The second-order valence-electron chi connectivity index (χ2n) is 1.77. The van der Waals surface area contributed by atoms with Crippen molar-refractivity contribution in [3.63, 3.8) is 0 Å². The van der Waals surface area contributed by atoms with Gasteiger partial charge >= 0.3 is 0 Å². The van der Waals surface area contributed by atoms with Gasteiger partial charge in [0.05, 0.1) is 0 Å². The maximum absolute atomic E-state index is 8.41. The van der Waals surface area contributed by atoms with Gasteiger partial charge < -0.3 is 0 Å². The Morgan fingerprint density at radius 1 is 1.00 bits per heavy atom. The van der Waals surface area contributed by atoms with Crippen molar-refractivity contribution in [2.75, 3.05) is 0 Å². The van der Waals surface area contributed by atoms with Crippen molar-refractivity contribution in [3.05, 3.63) is 23.5 Å². The minimum Gasteiger partial charge on any atom is -0.191 e. The molecule has 0 fully saturated rings. The predicted octanol–water partition coefficient (Wildman–Crippen LogP) is 2.29. The Morgan fingerprint density at radius 2 is 1.33 bits per heavy atom. The summed E-state index contributed by atoms with van der Waals surface area (Å²) in [6.45, 7) is 3.36. The zero-order valence-electron chi connectivity index (χ0n) is 6.94. The highest BCUT2D eigenvalue weighted by Crippen LogP contribution is 2.00. The van der Waals surface area contributed by atoms with E-state index in [-0.39, 0.29) is 11.4 Å². The standard InChI is InChI=1S/C8H8N4/c1-3-7(5-9)11-12-8(4-2)6-10/h3-4H,1-2H3. The lowest BCUT2D eigenvalue weighted by Gasteiger charge is -1.83. The minimum absolute atomic E-state index is 0.199. The summed E-state index contributed by atoms with van der Waals surface area (Å²) in [4.78, 5) is 0. The molecule has 0 heterocycles. The van der Waals surface area contributed by atoms with Crippen LogP contribution >= 0.6 is 0 Å². The lowest BCUT2D eigenvalue weighted by atomic mass is 10.4. The molecule has 0 aromatic rings. The molecule has 4 nitrogen and oxygen atoms in total. The molecule has 0 spiro atoms. The monoisotopic (exact) mass is 160 g/mol. The smallest absolute Gasteiger partial charge is 0.158 e. The summed E-state index contributed by atoms with van der Waals surface area (Å²) in [5, 5.41) is 23.9. The summed E-state index contributed by atoms with van der Waals surface area (Å²) < 4.78 is 0. The van der Waals surface area contributed by atoms with E-state index in [1.54, 1.807) is 13.8 Å². The van der Waals surface area contributed by atoms with Crippen LogP contribution in [0.4, 0.5) is 0 Å². The summed E-state index contributed by atoms with van der Waals surface area (Å²) in [5.41, 5.74) is 0.397. The fourth-order valence-corrected chi connectivity index (χ4v) is 0.397. The van der Waals surface area contributed by atoms with Crippen LogP contribution in [-0.4, -0.2) is 0 Å². The van der Waals surface area contributed by atoms with E-state index < -0.39 is 0 Å². The van der Waals surface area contributed by atoms with Crippen molar-refractivity contribution in [2.24, 2.45) is 10.2 Å². The first-order chi connectivity index (χ1) is 5.78. The molecule has 0 aliphatic rings. The lowest BCUT2D eigenvalue weighted by molar-refractivity contribution is 1.12. The first kappa shape index (κ1) is 10.1. The van der Waals surface area contributed by atoms with E-state index >= 15 is 0 Å². The molecular formula is C8H8N4. The molecule has 0 aliphatic heterocycles. The molecule has 0 aromatic carbocycles. The molecule has 0 unspecified atom stereocenters. The molecule has 60 valence electrons. The Labute approximate surface area is 71.1 Å². The number of nitrogens with zero attached hydrogens (tertiary/aromatic N) is 4. The number of hydrogen-bond donors (Lipinski definition) is 0. The highest BCUT2D eigenvalue weighted by molar-refractivity contribution is 5.21. The SMILES string of the molecule is CC=C(C#N)N=NC(C#N)=CC. The zero-order valence-corrected chi connectivity index (χ0v) is 6.94. The number of hydrogen-bond acceptors (Lipinski definition) is 4. The van der Waals surface area contributed by atoms with E-state index in [1.165, 1.54) is 12.2 Å². The van der Waals surface area contributed by atoms with Crippen molar-refractivity contribution in [1.29, 1.82) is 10.5 Å². The predicted molar refractivity (Wildman–Crippen MR) is 43.6 cm³/mol. The van der Waals surface area contributed by atoms with Gasteiger partial charge in [0.1, 0.15) is 12.1 Å². The van der Waals surface area contributed by atoms with E-state index in [0.29, 0.717) is 0 Å². The second-order valence-corrected chi connectivity index (χ2v) is 1.77. The number of nitriles is 2. The number of rotatable bonds is 2. The topological polar surface area (TPSA) is 72.3 Å². The first-order valence-corrected chi connectivity index (χ1v) is 3.33. The van der Waals surface area contributed by atoms with Gasteiger partial charge in [0, 0.05) is 0 Å². The quantitative estimate of drug-likeness (QED) is 0.459. The van der Waals surface area contributed by atoms with Crippen LogP contribution in [0.25, 0.3) is 0 Å². The average molecular weight is 160 g/mol. The van der Waals surface area contributed by atoms with Crippen LogP contribution in [0.1, 0.15) is 13.8 Å². The fourth-order valence-electron chi connectivity index (χ4n) is 0.397. The summed E-state index contributed by atoms with van der Waals surface area (Å²) in [7, 11) is 0. The lowest BCUT2D eigenvalue weighted by Crippen LogP contribution is -1.71. The zero-order chi connectivity index (χ0) is 9.40. The van der Waals surface area contributed by atoms with Gasteiger partial charge in [-0.05, 0) is 26.0 Å². The van der Waals surface area contributed by atoms with E-state index in [1.807, 2.05) is 12.1 Å². The van der Waals surface area contributed by atoms with Gasteiger partial charge in [0.2, 0.25) is 0 Å². The molecule has 0 amide bonds. The molecule has 0 saturated carbocycles. The molecule has 0 N–H and O–H groups in total. The summed E-state index contributed by atoms with van der Waals surface area (Å²) in [6, 6.07) is 3.64. The molecule has 12 heavy (non-hydrogen) atoms. The van der Waals surface area contributed by atoms with Gasteiger partial charge in [0.15, 0.2) is 11.4 Å². The normalized spacial score (nSPS) is 12.7. The van der Waals surface area contributed by atoms with Crippen molar-refractivity contribution in [2.45, 2.75) is 13.8 Å². The van der Waals surface area contributed by atoms with Crippen LogP contribution in [0.15, 0.2) is 33.8 Å². The number of azo groups is 1. The Kier molecular flexibility index (Phi) is 4.88. The third kappa shape index (κ3) is 3.28. The molecule has 0 rings (SSSR count). The molecular weight excluding hydrogens is 152 g/mol. The molecule has 0 aromatic heterocycles.